The fourth-order valence-electron chi connectivity index (χ4n) is 12.8. The van der Waals surface area contributed by atoms with Crippen LogP contribution in [0.1, 0.15) is 118 Å². The van der Waals surface area contributed by atoms with E-state index in [0.717, 1.165) is 88.8 Å². The number of Topliss-reactive ketones (excluding diaryl/α,β-unsaturated/α-hetero) is 5. The normalized spacial score (nSPS) is 12.3. The summed E-state index contributed by atoms with van der Waals surface area (Å²) >= 11 is 13.7. The van der Waals surface area contributed by atoms with Crippen molar-refractivity contribution in [1.82, 2.24) is 50.5 Å². The molecule has 2 amide bonds. The number of methoxy groups -OCH3 is 1. The van der Waals surface area contributed by atoms with Crippen molar-refractivity contribution in [2.45, 2.75) is 82.3 Å². The standard InChI is InChI=1S/C21H18N4O2S.C20H17ClN2O2S.C20H17N5O2S.C14H15N3O4S.C12H10F2N2OS.C11H11N3O3S/c1-13(26)12-28-20-9-19(24-25-20)14-4-2-5-15(8-14)21(27)23-18-7-3-6-16-10-22-11-17(16)18;1-13(24)12-26-20-11-18(22-23-20)15-3-2-4-16(10-15)19(25)9-14-5-7-17(21)8-6-14;1-12(26)11-28-20-23-18(24-25-20)13-4-2-5-14(10-13)19(27)22-17-7-3-6-16-15(17)8-9-21-16;1-8(18)7-22-14-15-13(16-17-14)10-4-5-11(21-9(2)19)12(6-10)20-3;1-7(17)6-18-11-5-10(15-16-11)8-3-2-4-9(13)12(8)14;1-6(15)5-18-11-12-10(13-14-11)8-3-2-7(16)4-9(8)17/h2-8,11H,9-10,12H2,1H3,(H,23,27);2-8,10H,9,11-12H2,1H3;2-10,21H,11H2,1H3,(H,22,27)(H,23,24,25);4-6H,7H2,1-3H3,(H,15,16,17);2-4,17H,1,5-6H2;2-4,15-17H,1,5H2,(H,12,13,14). The third kappa shape index (κ3) is 31.1. The summed E-state index contributed by atoms with van der Waals surface area (Å²) in [4.78, 5) is 114. The molecule has 0 atom stereocenters. The number of thioether (sulfide) groups is 6. The van der Waals surface area contributed by atoms with Crippen molar-refractivity contribution in [3.8, 4) is 57.2 Å². The highest BCUT2D eigenvalue weighted by Gasteiger charge is 2.25. The minimum atomic E-state index is -0.913. The smallest absolute Gasteiger partial charge is 0.308 e. The van der Waals surface area contributed by atoms with E-state index in [-0.39, 0.29) is 69.3 Å². The Balaban J connectivity index is 0.000000152. The number of H-pyrrole nitrogens is 4. The Morgan fingerprint density at radius 2 is 0.964 bits per heavy atom. The average molecular weight is 2020 g/mol. The summed E-state index contributed by atoms with van der Waals surface area (Å²) in [6, 6.07) is 55.9. The molecule has 42 heteroatoms. The topological polar surface area (TPSA) is 487 Å². The molecule has 4 aliphatic heterocycles. The number of benzene rings is 9. The van der Waals surface area contributed by atoms with E-state index in [4.69, 9.17) is 31.3 Å². The van der Waals surface area contributed by atoms with Crippen LogP contribution in [0.5, 0.6) is 23.0 Å². The van der Waals surface area contributed by atoms with Crippen LogP contribution in [-0.2, 0) is 36.9 Å². The first-order valence-electron chi connectivity index (χ1n) is 42.2. The van der Waals surface area contributed by atoms with Gasteiger partial charge in [0, 0.05) is 106 Å². The van der Waals surface area contributed by atoms with Gasteiger partial charge < -0.3 is 45.5 Å². The van der Waals surface area contributed by atoms with Crippen LogP contribution >= 0.6 is 82.2 Å². The van der Waals surface area contributed by atoms with Crippen LogP contribution in [-0.4, -0.2) is 198 Å². The minimum absolute atomic E-state index is 0.0260. The number of anilines is 2. The fraction of sp³-hybridized carbons (Fsp3) is 0.173. The number of rotatable bonds is 30. The summed E-state index contributed by atoms with van der Waals surface area (Å²) in [5.74, 6) is 2.02. The van der Waals surface area contributed by atoms with Gasteiger partial charge in [-0.3, -0.25) is 58.6 Å². The lowest BCUT2D eigenvalue weighted by Gasteiger charge is -2.10. The van der Waals surface area contributed by atoms with Gasteiger partial charge in [0.15, 0.2) is 46.4 Å². The molecule has 0 bridgehead atoms. The quantitative estimate of drug-likeness (QED) is 0.00657. The minimum Gasteiger partial charge on any atom is -0.512 e. The number of carbonyl (C=O) groups is 8. The van der Waals surface area contributed by atoms with Gasteiger partial charge in [0.2, 0.25) is 15.5 Å². The maximum Gasteiger partial charge on any atom is 0.308 e. The first-order valence-corrected chi connectivity index (χ1v) is 48.5. The molecule has 33 nitrogen and oxygen atoms in total. The Hall–Kier alpha value is -14.9. The number of aromatic hydroxyl groups is 2. The molecule has 13 aromatic rings. The Kier molecular flexibility index (Phi) is 37.9. The number of ketones is 5. The number of aliphatic imine (C=N–C) groups is 1. The lowest BCUT2D eigenvalue weighted by atomic mass is 9.99. The van der Waals surface area contributed by atoms with Crippen LogP contribution in [0.15, 0.2) is 276 Å². The van der Waals surface area contributed by atoms with E-state index in [1.54, 1.807) is 74.7 Å². The second-order valence-corrected chi connectivity index (χ2v) is 36.9. The maximum atomic E-state index is 13.5. The number of ether oxygens (including phenoxy) is 2. The number of phenols is 2. The maximum absolute atomic E-state index is 13.5. The molecule has 0 fully saturated rings. The van der Waals surface area contributed by atoms with Crippen LogP contribution < -0.4 is 20.1 Å². The lowest BCUT2D eigenvalue weighted by Crippen LogP contribution is -2.14. The second kappa shape index (κ2) is 51.0. The Labute approximate surface area is 830 Å². The molecular formula is C98H88ClF2N19O14S6. The van der Waals surface area contributed by atoms with Gasteiger partial charge in [0.25, 0.3) is 11.8 Å². The number of nitrogens with zero attached hydrogens (tertiary/aromatic N) is 13. The van der Waals surface area contributed by atoms with Gasteiger partial charge in [0.1, 0.15) is 49.8 Å². The predicted molar refractivity (Wildman–Crippen MR) is 549 cm³/mol. The lowest BCUT2D eigenvalue weighted by molar-refractivity contribution is -0.132. The van der Waals surface area contributed by atoms with Crippen LogP contribution in [0, 0.1) is 11.6 Å². The Morgan fingerprint density at radius 3 is 1.54 bits per heavy atom. The van der Waals surface area contributed by atoms with Crippen molar-refractivity contribution in [3.63, 3.8) is 0 Å². The van der Waals surface area contributed by atoms with Crippen LogP contribution in [0.4, 0.5) is 20.2 Å². The number of fused-ring (bicyclic) bond motifs is 2. The van der Waals surface area contributed by atoms with E-state index in [2.05, 4.69) is 110 Å². The monoisotopic (exact) mass is 2020 g/mol. The van der Waals surface area contributed by atoms with E-state index >= 15 is 0 Å². The highest BCUT2D eigenvalue weighted by Crippen LogP contribution is 2.36. The van der Waals surface area contributed by atoms with Gasteiger partial charge in [-0.2, -0.15) is 15.3 Å². The summed E-state index contributed by atoms with van der Waals surface area (Å²) in [7, 11) is 1.49. The Morgan fingerprint density at radius 1 is 0.479 bits per heavy atom. The summed E-state index contributed by atoms with van der Waals surface area (Å²) in [6.45, 7) is 14.8. The van der Waals surface area contributed by atoms with Crippen LogP contribution in [0.25, 0.3) is 45.1 Å². The van der Waals surface area contributed by atoms with Gasteiger partial charge in [-0.25, -0.2) is 23.7 Å². The number of hydrogen-bond donors (Lipinski definition) is 10. The molecule has 0 saturated carbocycles. The van der Waals surface area contributed by atoms with Crippen molar-refractivity contribution in [2.24, 2.45) is 35.6 Å². The number of halogens is 3. The highest BCUT2D eigenvalue weighted by molar-refractivity contribution is 8.15. The molecular weight excluding hydrogens is 1930 g/mol. The van der Waals surface area contributed by atoms with Gasteiger partial charge in [-0.05, 0) is 159 Å². The van der Waals surface area contributed by atoms with Crippen molar-refractivity contribution in [3.05, 3.63) is 292 Å². The first kappa shape index (κ1) is 104. The number of aliphatic hydroxyl groups excluding tert-OH is 2. The van der Waals surface area contributed by atoms with Crippen LogP contribution in [0.2, 0.25) is 5.02 Å². The molecule has 716 valence electrons. The molecule has 10 N–H and O–H groups in total. The summed E-state index contributed by atoms with van der Waals surface area (Å²) in [5, 5.41) is 92.8. The largest absolute Gasteiger partial charge is 0.512 e. The predicted octanol–water partition coefficient (Wildman–Crippen LogP) is 19.6. The number of aliphatic hydroxyl groups is 2. The molecule has 8 heterocycles. The molecule has 0 aliphatic carbocycles. The van der Waals surface area contributed by atoms with Gasteiger partial charge in [-0.1, -0.05) is 139 Å². The Bertz CT molecular complexity index is 7080. The van der Waals surface area contributed by atoms with Gasteiger partial charge in [0.05, 0.1) is 93.8 Å². The number of phenolic OH excluding ortho intramolecular Hbond substituents is 2. The zero-order chi connectivity index (χ0) is 99.9. The van der Waals surface area contributed by atoms with Gasteiger partial charge >= 0.3 is 5.97 Å². The van der Waals surface area contributed by atoms with E-state index in [1.165, 1.54) is 129 Å². The van der Waals surface area contributed by atoms with Crippen molar-refractivity contribution < 1.29 is 77.0 Å². The van der Waals surface area contributed by atoms with Crippen molar-refractivity contribution in [1.29, 1.82) is 0 Å². The van der Waals surface area contributed by atoms with E-state index in [9.17, 15) is 57.4 Å². The van der Waals surface area contributed by atoms with Gasteiger partial charge in [-0.15, -0.1) is 65.9 Å². The molecule has 140 heavy (non-hydrogen) atoms. The molecule has 0 saturated heterocycles. The summed E-state index contributed by atoms with van der Waals surface area (Å²) in [5.41, 5.74) is 13.0. The van der Waals surface area contributed by atoms with E-state index < -0.39 is 17.6 Å². The van der Waals surface area contributed by atoms with E-state index in [1.807, 2.05) is 109 Å². The molecule has 0 radical (unpaired) electrons. The van der Waals surface area contributed by atoms with Crippen LogP contribution in [0.3, 0.4) is 0 Å². The van der Waals surface area contributed by atoms with E-state index in [0.29, 0.717) is 149 Å². The molecule has 9 aromatic carbocycles. The van der Waals surface area contributed by atoms with Crippen molar-refractivity contribution >= 4 is 190 Å². The fourth-order valence-corrected chi connectivity index (χ4v) is 16.7. The first-order chi connectivity index (χ1) is 67.3. The summed E-state index contributed by atoms with van der Waals surface area (Å²) < 4.78 is 36.8. The number of carbonyl (C=O) groups excluding carboxylic acids is 8. The second-order valence-electron chi connectivity index (χ2n) is 30.5. The number of esters is 1. The third-order valence-corrected chi connectivity index (χ3v) is 25.7. The molecule has 4 aliphatic rings. The zero-order valence-electron chi connectivity index (χ0n) is 75.6. The third-order valence-electron chi connectivity index (χ3n) is 19.3. The van der Waals surface area contributed by atoms with Crippen molar-refractivity contribution in [2.75, 3.05) is 52.3 Å². The summed E-state index contributed by atoms with van der Waals surface area (Å²) in [6.07, 6.45) is 5.46. The highest BCUT2D eigenvalue weighted by atomic mass is 35.5. The zero-order valence-corrected chi connectivity index (χ0v) is 81.2. The number of aromatic amines is 4. The molecule has 0 spiro atoms. The average Bonchev–Trinajstić information content (AvgIpc) is 1.67. The number of hydrogen-bond acceptors (Lipinski definition) is 33. The number of aromatic nitrogens is 10. The number of amides is 2. The number of nitrogens with one attached hydrogen (secondary N) is 6. The SMILES string of the molecule is C=C(O)CSC1=NN=C(c2cccc(F)c2F)C1.C=C(O)CSc1n[nH]c(-c2ccc(O)cc2O)n1.CC(=O)CSC1=NN=C(c2cccc(C(=O)Cc3ccc(Cl)cc3)c2)C1.CC(=O)CSC1=NN=C(c2cccc(C(=O)Nc3cccc4c3C=NC4)c2)C1.CC(=O)CSc1n[nH]c(-c2cccc(C(=O)Nc3cccc4[nH]ccc34)c2)n1.COc1cc(-c2nc(SCC(C)=O)n[nH]2)ccc1OC(C)=O. The molecule has 4 aromatic heterocycles. The molecule has 17 rings (SSSR count). The molecule has 0 unspecified atom stereocenters.